The van der Waals surface area contributed by atoms with Gasteiger partial charge in [0.05, 0.1) is 10.3 Å². The van der Waals surface area contributed by atoms with E-state index in [2.05, 4.69) is 15.0 Å². The highest BCUT2D eigenvalue weighted by Crippen LogP contribution is 2.36. The van der Waals surface area contributed by atoms with Gasteiger partial charge in [-0.15, -0.1) is 22.7 Å². The monoisotopic (exact) mass is 375 g/mol. The minimum atomic E-state index is -0.368. The zero-order valence-corrected chi connectivity index (χ0v) is 14.8. The summed E-state index contributed by atoms with van der Waals surface area (Å²) in [4.78, 5) is 39.2. The van der Waals surface area contributed by atoms with Crippen LogP contribution in [0.5, 0.6) is 0 Å². The summed E-state index contributed by atoms with van der Waals surface area (Å²) in [6.07, 6.45) is 4.46. The van der Waals surface area contributed by atoms with E-state index < -0.39 is 0 Å². The van der Waals surface area contributed by atoms with E-state index in [1.54, 1.807) is 17.4 Å². The molecule has 0 saturated heterocycles. The van der Waals surface area contributed by atoms with Crippen LogP contribution in [0.1, 0.15) is 25.9 Å². The molecule has 0 saturated carbocycles. The topological polar surface area (TPSA) is 72.8 Å². The molecule has 0 amide bonds. The number of thiophene rings is 1. The first-order valence-electron chi connectivity index (χ1n) is 7.78. The number of Topliss-reactive ketones (excluding diaryl/α,β-unsaturated/α-hetero) is 2. The number of aromatic nitrogens is 3. The molecule has 0 bridgehead atoms. The van der Waals surface area contributed by atoms with Gasteiger partial charge in [-0.3, -0.25) is 9.59 Å². The van der Waals surface area contributed by atoms with Crippen LogP contribution in [0.3, 0.4) is 0 Å². The van der Waals surface area contributed by atoms with Gasteiger partial charge in [0.2, 0.25) is 11.6 Å². The fourth-order valence-corrected chi connectivity index (χ4v) is 5.00. The number of hydrogen-bond donors (Lipinski definition) is 0. The van der Waals surface area contributed by atoms with Crippen molar-refractivity contribution < 1.29 is 9.59 Å². The Morgan fingerprint density at radius 2 is 1.58 bits per heavy atom. The predicted octanol–water partition coefficient (Wildman–Crippen LogP) is 4.28. The SMILES string of the molecule is O=C1C(=Cc2cc3sc(-c4ccccc4)nc3s2)C(=O)c2nccnc21. The van der Waals surface area contributed by atoms with Gasteiger partial charge in [0.1, 0.15) is 21.2 Å². The third-order valence-electron chi connectivity index (χ3n) is 4.03. The van der Waals surface area contributed by atoms with Crippen molar-refractivity contribution >= 4 is 49.8 Å². The number of hydrogen-bond acceptors (Lipinski definition) is 7. The smallest absolute Gasteiger partial charge is 0.217 e. The Morgan fingerprint density at radius 3 is 2.23 bits per heavy atom. The molecule has 124 valence electrons. The molecule has 0 atom stereocenters. The lowest BCUT2D eigenvalue weighted by Gasteiger charge is -1.93. The normalized spacial score (nSPS) is 13.5. The fraction of sp³-hybridized carbons (Fsp3) is 0. The zero-order valence-electron chi connectivity index (χ0n) is 13.2. The molecule has 0 N–H and O–H groups in total. The Labute approximate surface area is 155 Å². The van der Waals surface area contributed by atoms with E-state index in [4.69, 9.17) is 0 Å². The van der Waals surface area contributed by atoms with Crippen LogP contribution in [0, 0.1) is 0 Å². The van der Waals surface area contributed by atoms with Crippen molar-refractivity contribution in [3.8, 4) is 10.6 Å². The number of benzene rings is 1. The van der Waals surface area contributed by atoms with Crippen molar-refractivity contribution in [2.24, 2.45) is 0 Å². The van der Waals surface area contributed by atoms with E-state index in [0.717, 1.165) is 25.0 Å². The molecule has 7 heteroatoms. The number of carbonyl (C=O) groups excluding carboxylic acids is 2. The van der Waals surface area contributed by atoms with Gasteiger partial charge in [-0.2, -0.15) is 0 Å². The first kappa shape index (κ1) is 15.2. The van der Waals surface area contributed by atoms with Gasteiger partial charge >= 0.3 is 0 Å². The molecule has 0 spiro atoms. The van der Waals surface area contributed by atoms with E-state index >= 15 is 0 Å². The molecule has 5 rings (SSSR count). The van der Waals surface area contributed by atoms with Crippen LogP contribution in [0.2, 0.25) is 0 Å². The second-order valence-electron chi connectivity index (χ2n) is 5.67. The van der Waals surface area contributed by atoms with E-state index in [-0.39, 0.29) is 28.5 Å². The lowest BCUT2D eigenvalue weighted by Crippen LogP contribution is -2.00. The molecule has 0 aliphatic heterocycles. The first-order chi connectivity index (χ1) is 12.7. The summed E-state index contributed by atoms with van der Waals surface area (Å²) in [5, 5.41) is 0.958. The van der Waals surface area contributed by atoms with Crippen molar-refractivity contribution in [3.05, 3.63) is 70.6 Å². The maximum atomic E-state index is 12.4. The third-order valence-corrected chi connectivity index (χ3v) is 6.19. The number of rotatable bonds is 2. The van der Waals surface area contributed by atoms with Crippen molar-refractivity contribution in [2.75, 3.05) is 0 Å². The lowest BCUT2D eigenvalue weighted by atomic mass is 10.1. The van der Waals surface area contributed by atoms with Gasteiger partial charge in [-0.25, -0.2) is 15.0 Å². The molecule has 1 aliphatic rings. The molecule has 0 unspecified atom stereocenters. The zero-order chi connectivity index (χ0) is 17.7. The Balaban J connectivity index is 1.53. The van der Waals surface area contributed by atoms with Gasteiger partial charge in [-0.05, 0) is 12.1 Å². The Bertz CT molecular complexity index is 1150. The highest BCUT2D eigenvalue weighted by molar-refractivity contribution is 7.29. The van der Waals surface area contributed by atoms with E-state index in [0.29, 0.717) is 0 Å². The quantitative estimate of drug-likeness (QED) is 0.386. The number of ketones is 2. The van der Waals surface area contributed by atoms with Gasteiger partial charge in [0.15, 0.2) is 0 Å². The standard InChI is InChI=1S/C19H9N3O2S2/c23-16-12(17(24)15-14(16)20-6-7-21-15)8-11-9-13-19(25-11)22-18(26-13)10-4-2-1-3-5-10/h1-9H. The van der Waals surface area contributed by atoms with E-state index in [1.807, 2.05) is 36.4 Å². The summed E-state index contributed by atoms with van der Waals surface area (Å²) >= 11 is 3.05. The average molecular weight is 375 g/mol. The van der Waals surface area contributed by atoms with Crippen LogP contribution >= 0.6 is 22.7 Å². The highest BCUT2D eigenvalue weighted by Gasteiger charge is 2.35. The van der Waals surface area contributed by atoms with Crippen molar-refractivity contribution in [1.82, 2.24) is 15.0 Å². The highest BCUT2D eigenvalue weighted by atomic mass is 32.1. The molecule has 3 aromatic heterocycles. The van der Waals surface area contributed by atoms with Gasteiger partial charge in [-0.1, -0.05) is 30.3 Å². The number of thiazole rings is 1. The molecule has 5 nitrogen and oxygen atoms in total. The van der Waals surface area contributed by atoms with Crippen LogP contribution in [-0.2, 0) is 0 Å². The summed E-state index contributed by atoms with van der Waals surface area (Å²) in [5.74, 6) is -0.736. The number of carbonyl (C=O) groups is 2. The summed E-state index contributed by atoms with van der Waals surface area (Å²) in [6.45, 7) is 0. The summed E-state index contributed by atoms with van der Waals surface area (Å²) < 4.78 is 1.03. The Kier molecular flexibility index (Phi) is 3.37. The summed E-state index contributed by atoms with van der Waals surface area (Å²) in [7, 11) is 0. The molecular weight excluding hydrogens is 366 g/mol. The number of fused-ring (bicyclic) bond motifs is 2. The van der Waals surface area contributed by atoms with Crippen LogP contribution in [0.4, 0.5) is 0 Å². The minimum Gasteiger partial charge on any atom is -0.287 e. The first-order valence-corrected chi connectivity index (χ1v) is 9.42. The molecule has 26 heavy (non-hydrogen) atoms. The van der Waals surface area contributed by atoms with Gasteiger partial charge in [0, 0.05) is 22.8 Å². The van der Waals surface area contributed by atoms with E-state index in [1.165, 1.54) is 23.7 Å². The average Bonchev–Trinajstić information content (AvgIpc) is 3.30. The van der Waals surface area contributed by atoms with Crippen molar-refractivity contribution in [3.63, 3.8) is 0 Å². The number of allylic oxidation sites excluding steroid dienone is 1. The van der Waals surface area contributed by atoms with Crippen LogP contribution < -0.4 is 0 Å². The van der Waals surface area contributed by atoms with Crippen LogP contribution in [-0.4, -0.2) is 26.5 Å². The van der Waals surface area contributed by atoms with E-state index in [9.17, 15) is 9.59 Å². The maximum Gasteiger partial charge on any atom is 0.217 e. The van der Waals surface area contributed by atoms with Gasteiger partial charge < -0.3 is 0 Å². The second kappa shape index (κ2) is 5.76. The van der Waals surface area contributed by atoms with Crippen LogP contribution in [0.25, 0.3) is 26.2 Å². The summed E-state index contributed by atoms with van der Waals surface area (Å²) in [5.41, 5.74) is 1.45. The Morgan fingerprint density at radius 1 is 0.885 bits per heavy atom. The second-order valence-corrected chi connectivity index (χ2v) is 7.77. The van der Waals surface area contributed by atoms with Gasteiger partial charge in [0.25, 0.3) is 0 Å². The Hall–Kier alpha value is -3.03. The molecule has 1 aliphatic carbocycles. The molecular formula is C19H9N3O2S2. The summed E-state index contributed by atoms with van der Waals surface area (Å²) in [6, 6.07) is 12.0. The largest absolute Gasteiger partial charge is 0.287 e. The number of nitrogens with zero attached hydrogens (tertiary/aromatic N) is 3. The third kappa shape index (κ3) is 2.33. The molecule has 4 aromatic rings. The molecule has 1 aromatic carbocycles. The minimum absolute atomic E-state index is 0.114. The maximum absolute atomic E-state index is 12.4. The molecule has 3 heterocycles. The van der Waals surface area contributed by atoms with Crippen LogP contribution in [0.15, 0.2) is 54.4 Å². The molecule has 0 fully saturated rings. The van der Waals surface area contributed by atoms with Crippen molar-refractivity contribution in [1.29, 1.82) is 0 Å². The van der Waals surface area contributed by atoms with Crippen molar-refractivity contribution in [2.45, 2.75) is 0 Å². The fourth-order valence-electron chi connectivity index (χ4n) is 2.83. The predicted molar refractivity (Wildman–Crippen MR) is 102 cm³/mol. The lowest BCUT2D eigenvalue weighted by molar-refractivity contribution is 0.0988. The molecule has 0 radical (unpaired) electrons.